The topological polar surface area (TPSA) is 90.3 Å². The summed E-state index contributed by atoms with van der Waals surface area (Å²) in [6, 6.07) is 7.64. The van der Waals surface area contributed by atoms with Gasteiger partial charge in [-0.05, 0) is 24.6 Å². The van der Waals surface area contributed by atoms with Gasteiger partial charge in [0.1, 0.15) is 5.60 Å². The molecule has 0 saturated carbocycles. The lowest BCUT2D eigenvalue weighted by atomic mass is 9.90. The number of primary amides is 1. The van der Waals surface area contributed by atoms with E-state index in [0.717, 1.165) is 11.3 Å². The van der Waals surface area contributed by atoms with E-state index < -0.39 is 11.5 Å². The van der Waals surface area contributed by atoms with Gasteiger partial charge in [-0.15, -0.1) is 0 Å². The number of anilines is 1. The van der Waals surface area contributed by atoms with Crippen molar-refractivity contribution in [1.29, 1.82) is 5.26 Å². The van der Waals surface area contributed by atoms with Crippen molar-refractivity contribution in [2.45, 2.75) is 25.4 Å². The molecule has 5 heteroatoms. The average Bonchev–Trinajstić information content (AvgIpc) is 2.40. The first-order valence-electron chi connectivity index (χ1n) is 6.24. The van der Waals surface area contributed by atoms with Crippen LogP contribution in [0.5, 0.6) is 0 Å². The fourth-order valence-electron chi connectivity index (χ4n) is 2.38. The monoisotopic (exact) mass is 259 g/mol. The van der Waals surface area contributed by atoms with Crippen LogP contribution in [-0.2, 0) is 4.79 Å². The van der Waals surface area contributed by atoms with E-state index in [0.29, 0.717) is 31.5 Å². The molecule has 0 aromatic heterocycles. The van der Waals surface area contributed by atoms with Crippen molar-refractivity contribution < 1.29 is 9.90 Å². The van der Waals surface area contributed by atoms with Crippen LogP contribution in [0.25, 0.3) is 0 Å². The van der Waals surface area contributed by atoms with E-state index >= 15 is 0 Å². The van der Waals surface area contributed by atoms with Crippen molar-refractivity contribution in [1.82, 2.24) is 0 Å². The third-order valence-corrected chi connectivity index (χ3v) is 3.73. The molecule has 0 unspecified atom stereocenters. The van der Waals surface area contributed by atoms with Crippen LogP contribution in [0, 0.1) is 18.3 Å². The number of aliphatic hydroxyl groups is 1. The maximum Gasteiger partial charge on any atom is 0.249 e. The van der Waals surface area contributed by atoms with Crippen molar-refractivity contribution in [3.63, 3.8) is 0 Å². The fourth-order valence-corrected chi connectivity index (χ4v) is 2.38. The van der Waals surface area contributed by atoms with Crippen LogP contribution in [0.2, 0.25) is 0 Å². The summed E-state index contributed by atoms with van der Waals surface area (Å²) in [6.07, 6.45) is 0.636. The van der Waals surface area contributed by atoms with Gasteiger partial charge in [-0.1, -0.05) is 6.07 Å². The number of nitriles is 1. The average molecular weight is 259 g/mol. The highest BCUT2D eigenvalue weighted by Crippen LogP contribution is 2.28. The van der Waals surface area contributed by atoms with Crippen LogP contribution in [-0.4, -0.2) is 29.7 Å². The van der Waals surface area contributed by atoms with Gasteiger partial charge in [0, 0.05) is 31.6 Å². The summed E-state index contributed by atoms with van der Waals surface area (Å²) in [5.74, 6) is -0.658. The van der Waals surface area contributed by atoms with E-state index in [-0.39, 0.29) is 0 Å². The molecule has 0 radical (unpaired) electrons. The summed E-state index contributed by atoms with van der Waals surface area (Å²) in [6.45, 7) is 3.08. The van der Waals surface area contributed by atoms with Gasteiger partial charge >= 0.3 is 0 Å². The molecule has 1 heterocycles. The lowest BCUT2D eigenvalue weighted by Gasteiger charge is -2.38. The number of amides is 1. The normalized spacial score (nSPS) is 17.8. The first-order chi connectivity index (χ1) is 8.96. The van der Waals surface area contributed by atoms with Crippen LogP contribution in [0.4, 0.5) is 5.69 Å². The number of carbonyl (C=O) groups excluding carboxylic acids is 1. The highest BCUT2D eigenvalue weighted by Gasteiger charge is 2.37. The molecule has 100 valence electrons. The molecule has 1 saturated heterocycles. The van der Waals surface area contributed by atoms with Gasteiger partial charge in [-0.25, -0.2) is 0 Å². The number of rotatable bonds is 2. The number of benzene rings is 1. The van der Waals surface area contributed by atoms with E-state index in [2.05, 4.69) is 11.0 Å². The van der Waals surface area contributed by atoms with Gasteiger partial charge in [-0.3, -0.25) is 4.79 Å². The number of hydrogen-bond acceptors (Lipinski definition) is 4. The predicted molar refractivity (Wildman–Crippen MR) is 71.5 cm³/mol. The molecule has 3 N–H and O–H groups in total. The maximum absolute atomic E-state index is 11.2. The second kappa shape index (κ2) is 4.90. The highest BCUT2D eigenvalue weighted by atomic mass is 16.3. The summed E-state index contributed by atoms with van der Waals surface area (Å²) in [5, 5.41) is 19.0. The Balaban J connectivity index is 2.18. The van der Waals surface area contributed by atoms with Gasteiger partial charge in [0.2, 0.25) is 5.91 Å². The van der Waals surface area contributed by atoms with E-state index in [9.17, 15) is 9.90 Å². The molecule has 1 amide bonds. The molecule has 0 aliphatic carbocycles. The molecule has 0 atom stereocenters. The maximum atomic E-state index is 11.2. The Labute approximate surface area is 112 Å². The number of nitrogens with two attached hydrogens (primary N) is 1. The zero-order valence-electron chi connectivity index (χ0n) is 10.9. The predicted octanol–water partition coefficient (Wildman–Crippen LogP) is 0.683. The van der Waals surface area contributed by atoms with Crippen molar-refractivity contribution in [3.8, 4) is 6.07 Å². The second-order valence-electron chi connectivity index (χ2n) is 5.00. The quantitative estimate of drug-likeness (QED) is 0.817. The van der Waals surface area contributed by atoms with Crippen LogP contribution in [0.3, 0.4) is 0 Å². The van der Waals surface area contributed by atoms with E-state index in [1.54, 1.807) is 6.07 Å². The molecule has 1 aromatic rings. The van der Waals surface area contributed by atoms with Crippen LogP contribution < -0.4 is 10.6 Å². The largest absolute Gasteiger partial charge is 0.380 e. The third kappa shape index (κ3) is 2.54. The molecular formula is C14H17N3O2. The van der Waals surface area contributed by atoms with Crippen molar-refractivity contribution in [2.24, 2.45) is 5.73 Å². The molecule has 1 fully saturated rings. The first-order valence-corrected chi connectivity index (χ1v) is 6.24. The summed E-state index contributed by atoms with van der Waals surface area (Å²) >= 11 is 0. The number of piperidine rings is 1. The van der Waals surface area contributed by atoms with Crippen molar-refractivity contribution in [3.05, 3.63) is 29.3 Å². The second-order valence-corrected chi connectivity index (χ2v) is 5.00. The zero-order chi connectivity index (χ0) is 14.0. The van der Waals surface area contributed by atoms with Gasteiger partial charge in [0.15, 0.2) is 0 Å². The standard InChI is InChI=1S/C14H17N3O2/c1-10-2-3-11(9-15)8-12(10)17-6-4-14(19,5-7-17)13(16)18/h2-3,8,19H,4-7H2,1H3,(H2,16,18). The summed E-state index contributed by atoms with van der Waals surface area (Å²) < 4.78 is 0. The van der Waals surface area contributed by atoms with Crippen LogP contribution >= 0.6 is 0 Å². The molecular weight excluding hydrogens is 242 g/mol. The Hall–Kier alpha value is -2.06. The Morgan fingerprint density at radius 2 is 2.11 bits per heavy atom. The molecule has 0 spiro atoms. The smallest absolute Gasteiger partial charge is 0.249 e. The number of carbonyl (C=O) groups is 1. The summed E-state index contributed by atoms with van der Waals surface area (Å²) in [4.78, 5) is 13.3. The Kier molecular flexibility index (Phi) is 3.45. The lowest BCUT2D eigenvalue weighted by Crippen LogP contribution is -2.52. The fraction of sp³-hybridized carbons (Fsp3) is 0.429. The van der Waals surface area contributed by atoms with Gasteiger partial charge in [0.05, 0.1) is 11.6 Å². The zero-order valence-corrected chi connectivity index (χ0v) is 10.9. The molecule has 5 nitrogen and oxygen atoms in total. The van der Waals surface area contributed by atoms with E-state index in [1.807, 2.05) is 19.1 Å². The Morgan fingerprint density at radius 3 is 2.63 bits per heavy atom. The first kappa shape index (κ1) is 13.4. The molecule has 0 bridgehead atoms. The number of aryl methyl sites for hydroxylation is 1. The lowest BCUT2D eigenvalue weighted by molar-refractivity contribution is -0.138. The Morgan fingerprint density at radius 1 is 1.47 bits per heavy atom. The third-order valence-electron chi connectivity index (χ3n) is 3.73. The molecule has 1 aliphatic rings. The minimum Gasteiger partial charge on any atom is -0.380 e. The van der Waals surface area contributed by atoms with Crippen LogP contribution in [0.1, 0.15) is 24.0 Å². The van der Waals surface area contributed by atoms with Gasteiger partial charge in [0.25, 0.3) is 0 Å². The minimum absolute atomic E-state index is 0.318. The highest BCUT2D eigenvalue weighted by molar-refractivity contribution is 5.83. The Bertz CT molecular complexity index is 540. The van der Waals surface area contributed by atoms with Gasteiger partial charge < -0.3 is 15.7 Å². The molecule has 19 heavy (non-hydrogen) atoms. The molecule has 1 aliphatic heterocycles. The molecule has 2 rings (SSSR count). The minimum atomic E-state index is -1.39. The summed E-state index contributed by atoms with van der Waals surface area (Å²) in [5.41, 5.74) is 6.48. The summed E-state index contributed by atoms with van der Waals surface area (Å²) in [7, 11) is 0. The molecule has 1 aromatic carbocycles. The van der Waals surface area contributed by atoms with E-state index in [1.165, 1.54) is 0 Å². The number of nitrogens with zero attached hydrogens (tertiary/aromatic N) is 2. The van der Waals surface area contributed by atoms with Gasteiger partial charge in [-0.2, -0.15) is 5.26 Å². The van der Waals surface area contributed by atoms with Crippen LogP contribution in [0.15, 0.2) is 18.2 Å². The SMILES string of the molecule is Cc1ccc(C#N)cc1N1CCC(O)(C(N)=O)CC1. The van der Waals surface area contributed by atoms with Crippen molar-refractivity contribution in [2.75, 3.05) is 18.0 Å². The van der Waals surface area contributed by atoms with E-state index in [4.69, 9.17) is 11.0 Å². The van der Waals surface area contributed by atoms with Crippen molar-refractivity contribution >= 4 is 11.6 Å². The number of hydrogen-bond donors (Lipinski definition) is 2.